The van der Waals surface area contributed by atoms with Crippen LogP contribution >= 0.6 is 0 Å². The fourth-order valence-electron chi connectivity index (χ4n) is 1.02. The average Bonchev–Trinajstić information content (AvgIpc) is 2.70. The van der Waals surface area contributed by atoms with Gasteiger partial charge in [0.25, 0.3) is 0 Å². The summed E-state index contributed by atoms with van der Waals surface area (Å²) < 4.78 is 5.22. The summed E-state index contributed by atoms with van der Waals surface area (Å²) in [5.41, 5.74) is 20.7. The number of guanidine groups is 2. The summed E-state index contributed by atoms with van der Waals surface area (Å²) in [6.45, 7) is 4.25. The number of para-hydroxylation sites is 2. The van der Waals surface area contributed by atoms with Crippen molar-refractivity contribution in [3.05, 3.63) is 24.3 Å². The van der Waals surface area contributed by atoms with E-state index in [9.17, 15) is 0 Å². The number of rotatable bonds is 1. The molecule has 0 saturated carbocycles. The smallest absolute Gasteiger partial charge is 0.325 e. The van der Waals surface area contributed by atoms with E-state index in [1.54, 1.807) is 6.07 Å². The Morgan fingerprint density at radius 1 is 1.20 bits per heavy atom. The molecule has 110 valence electrons. The van der Waals surface area contributed by atoms with Crippen molar-refractivity contribution in [1.29, 1.82) is 5.41 Å². The number of nitrogens with one attached hydrogen (secondary N) is 1. The van der Waals surface area contributed by atoms with Gasteiger partial charge in [0.15, 0.2) is 17.5 Å². The van der Waals surface area contributed by atoms with Crippen LogP contribution in [0.3, 0.4) is 0 Å². The Bertz CT molecular complexity index is 521. The summed E-state index contributed by atoms with van der Waals surface area (Å²) in [5.74, 6) is -0.397. The zero-order chi connectivity index (χ0) is 15.5. The van der Waals surface area contributed by atoms with Crippen molar-refractivity contribution in [1.82, 2.24) is 4.98 Å². The Balaban J connectivity index is 0.000000438. The van der Waals surface area contributed by atoms with Crippen LogP contribution in [-0.2, 0) is 0 Å². The van der Waals surface area contributed by atoms with E-state index in [1.807, 2.05) is 18.2 Å². The fraction of sp³-hybridized carbons (Fsp3) is 0.250. The minimum atomic E-state index is -0.333. The third-order valence-corrected chi connectivity index (χ3v) is 1.51. The highest BCUT2D eigenvalue weighted by molar-refractivity contribution is 5.79. The van der Waals surface area contributed by atoms with Crippen LogP contribution in [0.15, 0.2) is 33.7 Å². The Morgan fingerprint density at radius 2 is 1.70 bits per heavy atom. The lowest BCUT2D eigenvalue weighted by atomic mass is 10.3. The number of benzene rings is 1. The zero-order valence-electron chi connectivity index (χ0n) is 11.6. The topological polar surface area (TPSA) is 166 Å². The molecule has 0 aliphatic rings. The van der Waals surface area contributed by atoms with E-state index in [-0.39, 0.29) is 17.9 Å². The molecule has 0 unspecified atom stereocenters. The first-order valence-corrected chi connectivity index (χ1v) is 5.95. The third kappa shape index (κ3) is 7.54. The van der Waals surface area contributed by atoms with Crippen LogP contribution in [0.25, 0.3) is 11.1 Å². The van der Waals surface area contributed by atoms with Gasteiger partial charge in [-0.1, -0.05) is 32.4 Å². The standard InChI is InChI=1S/C8H8N4O.C3H8.CH5N3/c9-7(10)12-8-11-5-3-1-2-4-6(5)13-8;1-3-2;2-1(3)4/h1-4H,(H4,9,10,11,12);3H2,1-2H3;(H5,2,3,4). The van der Waals surface area contributed by atoms with Crippen molar-refractivity contribution in [3.63, 3.8) is 0 Å². The molecule has 0 spiro atoms. The first-order chi connectivity index (χ1) is 9.40. The minimum absolute atomic E-state index is 0.0634. The monoisotopic (exact) mass is 279 g/mol. The van der Waals surface area contributed by atoms with Gasteiger partial charge in [0.05, 0.1) is 0 Å². The van der Waals surface area contributed by atoms with Gasteiger partial charge in [-0.3, -0.25) is 5.41 Å². The normalized spacial score (nSPS) is 8.70. The number of oxazole rings is 1. The molecule has 8 heteroatoms. The van der Waals surface area contributed by atoms with E-state index in [1.165, 1.54) is 6.42 Å². The van der Waals surface area contributed by atoms with Crippen LogP contribution in [0.2, 0.25) is 0 Å². The summed E-state index contributed by atoms with van der Waals surface area (Å²) in [5, 5.41) is 6.06. The quantitative estimate of drug-likeness (QED) is 0.385. The largest absolute Gasteiger partial charge is 0.422 e. The Labute approximate surface area is 117 Å². The van der Waals surface area contributed by atoms with E-state index >= 15 is 0 Å². The summed E-state index contributed by atoms with van der Waals surface area (Å²) in [6, 6.07) is 7.52. The SMILES string of the molecule is CCC.N=C(N)N.NC(N)=Nc1nc2ccccc2o1. The highest BCUT2D eigenvalue weighted by atomic mass is 16.4. The number of nitrogens with zero attached hydrogens (tertiary/aromatic N) is 2. The summed E-state index contributed by atoms with van der Waals surface area (Å²) in [6.07, 6.45) is 1.25. The van der Waals surface area contributed by atoms with Gasteiger partial charge in [0.1, 0.15) is 5.52 Å². The highest BCUT2D eigenvalue weighted by Crippen LogP contribution is 2.19. The molecule has 0 aliphatic heterocycles. The lowest BCUT2D eigenvalue weighted by molar-refractivity contribution is 0.613. The molecule has 0 bridgehead atoms. The van der Waals surface area contributed by atoms with Crippen LogP contribution in [0.4, 0.5) is 6.01 Å². The first kappa shape index (κ1) is 17.2. The molecular weight excluding hydrogens is 258 g/mol. The van der Waals surface area contributed by atoms with E-state index in [4.69, 9.17) is 21.3 Å². The number of fused-ring (bicyclic) bond motifs is 1. The maximum absolute atomic E-state index is 6.06. The van der Waals surface area contributed by atoms with Crippen LogP contribution in [0.1, 0.15) is 20.3 Å². The Hall–Kier alpha value is -2.77. The van der Waals surface area contributed by atoms with Gasteiger partial charge in [-0.2, -0.15) is 9.98 Å². The molecule has 2 rings (SSSR count). The molecule has 0 atom stereocenters. The lowest BCUT2D eigenvalue weighted by Crippen LogP contribution is -2.21. The third-order valence-electron chi connectivity index (χ3n) is 1.51. The molecule has 0 amide bonds. The maximum Gasteiger partial charge on any atom is 0.325 e. The van der Waals surface area contributed by atoms with Gasteiger partial charge in [0, 0.05) is 0 Å². The van der Waals surface area contributed by atoms with Crippen molar-refractivity contribution in [2.75, 3.05) is 0 Å². The van der Waals surface area contributed by atoms with Gasteiger partial charge in [-0.25, -0.2) is 0 Å². The number of aliphatic imine (C=N–C) groups is 1. The van der Waals surface area contributed by atoms with Gasteiger partial charge >= 0.3 is 6.01 Å². The number of aromatic nitrogens is 1. The molecule has 1 aromatic heterocycles. The van der Waals surface area contributed by atoms with E-state index < -0.39 is 0 Å². The van der Waals surface area contributed by atoms with Crippen LogP contribution in [0, 0.1) is 5.41 Å². The molecule has 2 aromatic rings. The lowest BCUT2D eigenvalue weighted by Gasteiger charge is -1.84. The van der Waals surface area contributed by atoms with Gasteiger partial charge in [0.2, 0.25) is 0 Å². The Morgan fingerprint density at radius 3 is 2.15 bits per heavy atom. The second-order valence-corrected chi connectivity index (χ2v) is 3.66. The van der Waals surface area contributed by atoms with Gasteiger partial charge in [-0.15, -0.1) is 0 Å². The molecule has 8 nitrogen and oxygen atoms in total. The van der Waals surface area contributed by atoms with Crippen LogP contribution in [0.5, 0.6) is 0 Å². The van der Waals surface area contributed by atoms with Crippen molar-refractivity contribution < 1.29 is 4.42 Å². The van der Waals surface area contributed by atoms with E-state index in [2.05, 4.69) is 35.3 Å². The second kappa shape index (κ2) is 9.20. The maximum atomic E-state index is 6.06. The molecule has 0 saturated heterocycles. The summed E-state index contributed by atoms with van der Waals surface area (Å²) >= 11 is 0. The van der Waals surface area contributed by atoms with Crippen molar-refractivity contribution in [2.45, 2.75) is 20.3 Å². The van der Waals surface area contributed by atoms with E-state index in [0.29, 0.717) is 5.58 Å². The molecule has 1 heterocycles. The van der Waals surface area contributed by atoms with Gasteiger partial charge < -0.3 is 27.4 Å². The molecule has 20 heavy (non-hydrogen) atoms. The van der Waals surface area contributed by atoms with Crippen LogP contribution in [-0.4, -0.2) is 16.9 Å². The summed E-state index contributed by atoms with van der Waals surface area (Å²) in [7, 11) is 0. The van der Waals surface area contributed by atoms with E-state index in [0.717, 1.165) is 5.52 Å². The molecule has 0 aliphatic carbocycles. The molecule has 9 N–H and O–H groups in total. The van der Waals surface area contributed by atoms with Crippen molar-refractivity contribution >= 4 is 29.0 Å². The first-order valence-electron chi connectivity index (χ1n) is 5.95. The molecule has 1 aromatic carbocycles. The predicted octanol–water partition coefficient (Wildman–Crippen LogP) is 0.988. The van der Waals surface area contributed by atoms with Crippen LogP contribution < -0.4 is 22.9 Å². The van der Waals surface area contributed by atoms with Crippen molar-refractivity contribution in [3.8, 4) is 0 Å². The summed E-state index contributed by atoms with van der Waals surface area (Å²) in [4.78, 5) is 7.73. The molecule has 0 radical (unpaired) electrons. The van der Waals surface area contributed by atoms with Gasteiger partial charge in [-0.05, 0) is 12.1 Å². The minimum Gasteiger partial charge on any atom is -0.422 e. The second-order valence-electron chi connectivity index (χ2n) is 3.66. The zero-order valence-corrected chi connectivity index (χ0v) is 11.6. The average molecular weight is 279 g/mol. The number of hydrogen-bond acceptors (Lipinski definition) is 4. The molecule has 0 fully saturated rings. The molecular formula is C12H21N7O. The highest BCUT2D eigenvalue weighted by Gasteiger charge is 2.02. The number of nitrogens with two attached hydrogens (primary N) is 4. The predicted molar refractivity (Wildman–Crippen MR) is 81.5 cm³/mol. The van der Waals surface area contributed by atoms with Crippen molar-refractivity contribution in [2.24, 2.45) is 27.9 Å². The number of hydrogen-bond donors (Lipinski definition) is 5. The fourth-order valence-corrected chi connectivity index (χ4v) is 1.02. The Kier molecular flexibility index (Phi) is 7.92.